The minimum absolute atomic E-state index is 0.0778. The van der Waals surface area contributed by atoms with E-state index >= 15 is 0 Å². The summed E-state index contributed by atoms with van der Waals surface area (Å²) in [4.78, 5) is 27.2. The first kappa shape index (κ1) is 20.5. The van der Waals surface area contributed by atoms with Crippen molar-refractivity contribution in [3.63, 3.8) is 0 Å². The van der Waals surface area contributed by atoms with Crippen LogP contribution in [0.3, 0.4) is 0 Å². The maximum absolute atomic E-state index is 12.9. The van der Waals surface area contributed by atoms with Crippen molar-refractivity contribution < 1.29 is 24.2 Å². The summed E-state index contributed by atoms with van der Waals surface area (Å²) in [6.45, 7) is 4.33. The summed E-state index contributed by atoms with van der Waals surface area (Å²) in [5, 5.41) is 10.9. The van der Waals surface area contributed by atoms with E-state index in [0.29, 0.717) is 29.2 Å². The second-order valence-corrected chi connectivity index (χ2v) is 7.33. The van der Waals surface area contributed by atoms with Crippen LogP contribution >= 0.6 is 0 Å². The lowest BCUT2D eigenvalue weighted by atomic mass is 9.94. The maximum Gasteiger partial charge on any atom is 0.295 e. The fourth-order valence-electron chi connectivity index (χ4n) is 3.58. The highest BCUT2D eigenvalue weighted by Gasteiger charge is 2.46. The van der Waals surface area contributed by atoms with Crippen molar-refractivity contribution in [1.29, 1.82) is 0 Å². The molecule has 0 bridgehead atoms. The Morgan fingerprint density at radius 3 is 2.28 bits per heavy atom. The van der Waals surface area contributed by atoms with E-state index in [-0.39, 0.29) is 17.3 Å². The highest BCUT2D eigenvalue weighted by molar-refractivity contribution is 6.46. The molecule has 29 heavy (non-hydrogen) atoms. The number of ketones is 1. The van der Waals surface area contributed by atoms with Gasteiger partial charge in [0.2, 0.25) is 0 Å². The van der Waals surface area contributed by atoms with Crippen molar-refractivity contribution in [2.75, 3.05) is 20.8 Å². The molecule has 6 nitrogen and oxygen atoms in total. The van der Waals surface area contributed by atoms with Gasteiger partial charge in [-0.2, -0.15) is 0 Å². The highest BCUT2D eigenvalue weighted by atomic mass is 16.5. The van der Waals surface area contributed by atoms with Crippen molar-refractivity contribution >= 4 is 17.4 Å². The molecule has 2 aromatic carbocycles. The van der Waals surface area contributed by atoms with Crippen molar-refractivity contribution in [3.05, 3.63) is 65.2 Å². The van der Waals surface area contributed by atoms with Crippen LogP contribution in [0, 0.1) is 5.92 Å². The van der Waals surface area contributed by atoms with Gasteiger partial charge in [0.25, 0.3) is 11.7 Å². The van der Waals surface area contributed by atoms with Gasteiger partial charge in [-0.15, -0.1) is 0 Å². The number of amides is 1. The minimum atomic E-state index is -0.711. The Morgan fingerprint density at radius 1 is 1.03 bits per heavy atom. The van der Waals surface area contributed by atoms with Crippen LogP contribution in [0.5, 0.6) is 11.5 Å². The number of carbonyl (C=O) groups is 2. The minimum Gasteiger partial charge on any atom is -0.507 e. The number of rotatable bonds is 6. The number of methoxy groups -OCH3 is 2. The van der Waals surface area contributed by atoms with Gasteiger partial charge in [0.1, 0.15) is 5.76 Å². The number of Topliss-reactive ketones (excluding diaryl/α,β-unsaturated/α-hetero) is 1. The van der Waals surface area contributed by atoms with Gasteiger partial charge in [-0.1, -0.05) is 50.2 Å². The first-order valence-corrected chi connectivity index (χ1v) is 9.44. The Morgan fingerprint density at radius 2 is 1.69 bits per heavy atom. The van der Waals surface area contributed by atoms with E-state index in [2.05, 4.69) is 0 Å². The lowest BCUT2D eigenvalue weighted by molar-refractivity contribution is -0.140. The zero-order chi connectivity index (χ0) is 21.1. The van der Waals surface area contributed by atoms with Crippen LogP contribution in [0.25, 0.3) is 5.76 Å². The Balaban J connectivity index is 2.21. The molecule has 1 aliphatic rings. The number of ether oxygens (including phenoxy) is 2. The van der Waals surface area contributed by atoms with E-state index in [1.807, 2.05) is 19.9 Å². The standard InChI is InChI=1S/C23H25NO5/c1-14(2)13-24-20(16-10-11-17(28-3)18(12-16)29-4)19(22(26)23(24)27)21(25)15-8-6-5-7-9-15/h5-12,14,20,25H,13H2,1-4H3/b21-19-. The smallest absolute Gasteiger partial charge is 0.295 e. The summed E-state index contributed by atoms with van der Waals surface area (Å²) < 4.78 is 10.7. The van der Waals surface area contributed by atoms with Gasteiger partial charge in [-0.3, -0.25) is 9.59 Å². The van der Waals surface area contributed by atoms with Crippen LogP contribution < -0.4 is 9.47 Å². The number of nitrogens with zero attached hydrogens (tertiary/aromatic N) is 1. The maximum atomic E-state index is 12.9. The van der Waals surface area contributed by atoms with E-state index in [4.69, 9.17) is 9.47 Å². The first-order valence-electron chi connectivity index (χ1n) is 9.44. The van der Waals surface area contributed by atoms with Crippen molar-refractivity contribution in [1.82, 2.24) is 4.90 Å². The van der Waals surface area contributed by atoms with E-state index in [1.165, 1.54) is 19.1 Å². The third-order valence-electron chi connectivity index (χ3n) is 4.87. The van der Waals surface area contributed by atoms with Crippen LogP contribution in [-0.2, 0) is 9.59 Å². The molecule has 3 rings (SSSR count). The highest BCUT2D eigenvalue weighted by Crippen LogP contribution is 2.42. The molecule has 0 radical (unpaired) electrons. The van der Waals surface area contributed by atoms with Gasteiger partial charge in [-0.05, 0) is 23.6 Å². The number of aliphatic hydroxyl groups is 1. The Kier molecular flexibility index (Phi) is 5.92. The molecule has 1 saturated heterocycles. The first-order chi connectivity index (χ1) is 13.9. The fourth-order valence-corrected chi connectivity index (χ4v) is 3.58. The molecule has 1 N–H and O–H groups in total. The van der Waals surface area contributed by atoms with Crippen LogP contribution in [-0.4, -0.2) is 42.5 Å². The van der Waals surface area contributed by atoms with Gasteiger partial charge in [0, 0.05) is 12.1 Å². The molecule has 1 amide bonds. The Labute approximate surface area is 170 Å². The van der Waals surface area contributed by atoms with Gasteiger partial charge < -0.3 is 19.5 Å². The number of likely N-dealkylation sites (tertiary alicyclic amines) is 1. The Bertz CT molecular complexity index is 949. The third-order valence-corrected chi connectivity index (χ3v) is 4.87. The number of hydrogen-bond donors (Lipinski definition) is 1. The largest absolute Gasteiger partial charge is 0.507 e. The molecule has 1 fully saturated rings. The molecule has 1 aliphatic heterocycles. The lowest BCUT2D eigenvalue weighted by Crippen LogP contribution is -2.33. The molecule has 0 spiro atoms. The SMILES string of the molecule is COc1ccc(C2/C(=C(/O)c3ccccc3)C(=O)C(=O)N2CC(C)C)cc1OC. The van der Waals surface area contributed by atoms with Crippen LogP contribution in [0.15, 0.2) is 54.1 Å². The third kappa shape index (κ3) is 3.83. The fraction of sp³-hybridized carbons (Fsp3) is 0.304. The number of aliphatic hydroxyl groups excluding tert-OH is 1. The molecule has 1 atom stereocenters. The van der Waals surface area contributed by atoms with Gasteiger partial charge >= 0.3 is 0 Å². The van der Waals surface area contributed by atoms with Crippen molar-refractivity contribution in [2.24, 2.45) is 5.92 Å². The molecule has 1 heterocycles. The summed E-state index contributed by atoms with van der Waals surface area (Å²) in [6.07, 6.45) is 0. The summed E-state index contributed by atoms with van der Waals surface area (Å²) in [5.74, 6) is -0.315. The molecule has 0 aromatic heterocycles. The molecule has 6 heteroatoms. The van der Waals surface area contributed by atoms with Crippen LogP contribution in [0.4, 0.5) is 0 Å². The quantitative estimate of drug-likeness (QED) is 0.458. The average Bonchev–Trinajstić information content (AvgIpc) is 2.97. The zero-order valence-electron chi connectivity index (χ0n) is 17.0. The normalized spacial score (nSPS) is 18.4. The monoisotopic (exact) mass is 395 g/mol. The summed E-state index contributed by atoms with van der Waals surface area (Å²) >= 11 is 0. The van der Waals surface area contributed by atoms with Gasteiger partial charge in [0.05, 0.1) is 25.8 Å². The van der Waals surface area contributed by atoms with E-state index in [9.17, 15) is 14.7 Å². The molecule has 152 valence electrons. The molecular weight excluding hydrogens is 370 g/mol. The van der Waals surface area contributed by atoms with Crippen LogP contribution in [0.1, 0.15) is 31.0 Å². The molecule has 0 aliphatic carbocycles. The number of hydrogen-bond acceptors (Lipinski definition) is 5. The van der Waals surface area contributed by atoms with Crippen molar-refractivity contribution in [2.45, 2.75) is 19.9 Å². The molecule has 0 saturated carbocycles. The average molecular weight is 395 g/mol. The predicted molar refractivity (Wildman–Crippen MR) is 110 cm³/mol. The van der Waals surface area contributed by atoms with Gasteiger partial charge in [0.15, 0.2) is 11.5 Å². The van der Waals surface area contributed by atoms with E-state index < -0.39 is 17.7 Å². The zero-order valence-corrected chi connectivity index (χ0v) is 17.0. The second kappa shape index (κ2) is 8.39. The lowest BCUT2D eigenvalue weighted by Gasteiger charge is -2.27. The summed E-state index contributed by atoms with van der Waals surface area (Å²) in [5.41, 5.74) is 1.23. The predicted octanol–water partition coefficient (Wildman–Crippen LogP) is 3.78. The number of carbonyl (C=O) groups excluding carboxylic acids is 2. The van der Waals surface area contributed by atoms with E-state index in [1.54, 1.807) is 42.5 Å². The van der Waals surface area contributed by atoms with E-state index in [0.717, 1.165) is 0 Å². The molecular formula is C23H25NO5. The van der Waals surface area contributed by atoms with Crippen molar-refractivity contribution in [3.8, 4) is 11.5 Å². The van der Waals surface area contributed by atoms with Crippen LogP contribution in [0.2, 0.25) is 0 Å². The topological polar surface area (TPSA) is 76.1 Å². The number of benzene rings is 2. The van der Waals surface area contributed by atoms with Gasteiger partial charge in [-0.25, -0.2) is 0 Å². The summed E-state index contributed by atoms with van der Waals surface area (Å²) in [7, 11) is 3.06. The Hall–Kier alpha value is -3.28. The molecule has 1 unspecified atom stereocenters. The second-order valence-electron chi connectivity index (χ2n) is 7.33. The molecule has 2 aromatic rings. The summed E-state index contributed by atoms with van der Waals surface area (Å²) in [6, 6.07) is 13.3.